The fraction of sp³-hybridized carbons (Fsp3) is 0.357. The number of ether oxygens (including phenoxy) is 1. The summed E-state index contributed by atoms with van der Waals surface area (Å²) >= 11 is 6.32. The highest BCUT2D eigenvalue weighted by Gasteiger charge is 2.14. The number of hydrogen-bond acceptors (Lipinski definition) is 4. The smallest absolute Gasteiger partial charge is 0.145 e. The van der Waals surface area contributed by atoms with E-state index in [1.165, 1.54) is 0 Å². The third-order valence-corrected chi connectivity index (χ3v) is 3.32. The maximum atomic E-state index is 6.32. The van der Waals surface area contributed by atoms with Crippen LogP contribution in [-0.4, -0.2) is 32.7 Å². The Kier molecular flexibility index (Phi) is 4.12. The van der Waals surface area contributed by atoms with Gasteiger partial charge < -0.3 is 15.4 Å². The van der Waals surface area contributed by atoms with Gasteiger partial charge in [0.15, 0.2) is 0 Å². The summed E-state index contributed by atoms with van der Waals surface area (Å²) in [6.45, 7) is 0.564. The van der Waals surface area contributed by atoms with Gasteiger partial charge >= 0.3 is 0 Å². The number of rotatable bonds is 4. The highest BCUT2D eigenvalue weighted by molar-refractivity contribution is 6.36. The van der Waals surface area contributed by atoms with Crippen molar-refractivity contribution < 1.29 is 4.74 Å². The molecule has 0 saturated carbocycles. The molecule has 0 bridgehead atoms. The van der Waals surface area contributed by atoms with Crippen molar-refractivity contribution in [2.45, 2.75) is 6.42 Å². The van der Waals surface area contributed by atoms with Crippen LogP contribution in [0.25, 0.3) is 10.9 Å². The van der Waals surface area contributed by atoms with Crippen LogP contribution in [0.2, 0.25) is 5.02 Å². The van der Waals surface area contributed by atoms with Crippen LogP contribution >= 0.6 is 11.6 Å². The van der Waals surface area contributed by atoms with E-state index in [1.807, 2.05) is 37.2 Å². The van der Waals surface area contributed by atoms with E-state index in [1.54, 1.807) is 7.11 Å². The van der Waals surface area contributed by atoms with Crippen molar-refractivity contribution in [3.63, 3.8) is 0 Å². The zero-order valence-corrected chi connectivity index (χ0v) is 12.2. The van der Waals surface area contributed by atoms with Gasteiger partial charge in [-0.25, -0.2) is 4.98 Å². The summed E-state index contributed by atoms with van der Waals surface area (Å²) in [5, 5.41) is 1.58. The molecule has 0 atom stereocenters. The first-order valence-electron chi connectivity index (χ1n) is 6.12. The number of anilines is 1. The molecular formula is C14H18ClN3O. The topological polar surface area (TPSA) is 51.4 Å². The molecule has 1 heterocycles. The Labute approximate surface area is 118 Å². The first kappa shape index (κ1) is 13.9. The number of benzene rings is 1. The van der Waals surface area contributed by atoms with E-state index in [0.29, 0.717) is 11.6 Å². The molecule has 2 rings (SSSR count). The molecule has 0 saturated heterocycles. The summed E-state index contributed by atoms with van der Waals surface area (Å²) in [5.41, 5.74) is 8.37. The third kappa shape index (κ3) is 2.60. The maximum absolute atomic E-state index is 6.32. The molecule has 19 heavy (non-hydrogen) atoms. The van der Waals surface area contributed by atoms with Crippen molar-refractivity contribution in [3.8, 4) is 5.75 Å². The summed E-state index contributed by atoms with van der Waals surface area (Å²) in [5.74, 6) is 0.723. The van der Waals surface area contributed by atoms with E-state index in [4.69, 9.17) is 22.1 Å². The van der Waals surface area contributed by atoms with Crippen LogP contribution in [0.1, 0.15) is 5.69 Å². The average Bonchev–Trinajstić information content (AvgIpc) is 2.38. The number of pyridine rings is 1. The molecular weight excluding hydrogens is 262 g/mol. The van der Waals surface area contributed by atoms with E-state index < -0.39 is 0 Å². The predicted molar refractivity (Wildman–Crippen MR) is 80.4 cm³/mol. The molecule has 0 spiro atoms. The predicted octanol–water partition coefficient (Wildman–Crippen LogP) is 2.46. The fourth-order valence-electron chi connectivity index (χ4n) is 2.10. The molecule has 0 unspecified atom stereocenters. The standard InChI is InChI=1S/C14H18ClN3O/c1-18(2)11-8-9(6-7-16)17-14-12(19-3)5-4-10(15)13(11)14/h4-5,8H,6-7,16H2,1-3H3. The Bertz CT molecular complexity index is 599. The van der Waals surface area contributed by atoms with E-state index in [2.05, 4.69) is 4.98 Å². The lowest BCUT2D eigenvalue weighted by atomic mass is 10.1. The van der Waals surface area contributed by atoms with Gasteiger partial charge in [-0.2, -0.15) is 0 Å². The quantitative estimate of drug-likeness (QED) is 0.934. The summed E-state index contributed by atoms with van der Waals surface area (Å²) in [6.07, 6.45) is 0.729. The first-order chi connectivity index (χ1) is 9.08. The summed E-state index contributed by atoms with van der Waals surface area (Å²) in [4.78, 5) is 6.65. The molecule has 0 fully saturated rings. The molecule has 0 radical (unpaired) electrons. The van der Waals surface area contributed by atoms with Crippen molar-refractivity contribution in [1.29, 1.82) is 0 Å². The van der Waals surface area contributed by atoms with Crippen LogP contribution in [0.5, 0.6) is 5.75 Å². The van der Waals surface area contributed by atoms with Crippen LogP contribution < -0.4 is 15.4 Å². The zero-order valence-electron chi connectivity index (χ0n) is 11.4. The van der Waals surface area contributed by atoms with Crippen LogP contribution in [0.3, 0.4) is 0 Å². The van der Waals surface area contributed by atoms with Gasteiger partial charge in [0.25, 0.3) is 0 Å². The lowest BCUT2D eigenvalue weighted by molar-refractivity contribution is 0.419. The minimum absolute atomic E-state index is 0.564. The molecule has 1 aromatic heterocycles. The van der Waals surface area contributed by atoms with Crippen LogP contribution in [0.15, 0.2) is 18.2 Å². The monoisotopic (exact) mass is 279 g/mol. The highest BCUT2D eigenvalue weighted by atomic mass is 35.5. The third-order valence-electron chi connectivity index (χ3n) is 3.01. The summed E-state index contributed by atoms with van der Waals surface area (Å²) < 4.78 is 5.38. The Morgan fingerprint density at radius 3 is 2.68 bits per heavy atom. The summed E-state index contributed by atoms with van der Waals surface area (Å²) in [7, 11) is 5.60. The van der Waals surface area contributed by atoms with Crippen LogP contribution in [-0.2, 0) is 6.42 Å². The zero-order chi connectivity index (χ0) is 14.0. The largest absolute Gasteiger partial charge is 0.494 e. The number of halogens is 1. The van der Waals surface area contributed by atoms with Gasteiger partial charge in [0.05, 0.1) is 12.1 Å². The van der Waals surface area contributed by atoms with Crippen molar-refractivity contribution in [1.82, 2.24) is 4.98 Å². The van der Waals surface area contributed by atoms with Crippen molar-refractivity contribution in [2.24, 2.45) is 5.73 Å². The minimum Gasteiger partial charge on any atom is -0.494 e. The lowest BCUT2D eigenvalue weighted by Gasteiger charge is -2.18. The molecule has 0 aliphatic heterocycles. The molecule has 4 nitrogen and oxygen atoms in total. The molecule has 5 heteroatoms. The molecule has 2 N–H and O–H groups in total. The maximum Gasteiger partial charge on any atom is 0.145 e. The second-order valence-corrected chi connectivity index (χ2v) is 4.95. The highest BCUT2D eigenvalue weighted by Crippen LogP contribution is 2.36. The van der Waals surface area contributed by atoms with E-state index in [9.17, 15) is 0 Å². The number of aromatic nitrogens is 1. The van der Waals surface area contributed by atoms with Crippen molar-refractivity contribution in [3.05, 3.63) is 28.9 Å². The SMILES string of the molecule is COc1ccc(Cl)c2c(N(C)C)cc(CCN)nc12. The van der Waals surface area contributed by atoms with Gasteiger partial charge in [-0.05, 0) is 24.7 Å². The molecule has 102 valence electrons. The normalized spacial score (nSPS) is 10.8. The molecule has 0 aliphatic carbocycles. The van der Waals surface area contributed by atoms with E-state index in [-0.39, 0.29) is 0 Å². The fourth-order valence-corrected chi connectivity index (χ4v) is 2.35. The van der Waals surface area contributed by atoms with Gasteiger partial charge in [-0.3, -0.25) is 0 Å². The number of nitrogens with zero attached hydrogens (tertiary/aromatic N) is 2. The van der Waals surface area contributed by atoms with Gasteiger partial charge in [0.2, 0.25) is 0 Å². The van der Waals surface area contributed by atoms with Crippen molar-refractivity contribution in [2.75, 3.05) is 32.6 Å². The second-order valence-electron chi connectivity index (χ2n) is 4.54. The van der Waals surface area contributed by atoms with Gasteiger partial charge in [-0.15, -0.1) is 0 Å². The Balaban J connectivity index is 2.81. The Hall–Kier alpha value is -1.52. The first-order valence-corrected chi connectivity index (χ1v) is 6.49. The number of hydrogen-bond donors (Lipinski definition) is 1. The number of nitrogens with two attached hydrogens (primary N) is 1. The molecule has 2 aromatic rings. The molecule has 0 aliphatic rings. The van der Waals surface area contributed by atoms with Gasteiger partial charge in [0.1, 0.15) is 11.3 Å². The average molecular weight is 280 g/mol. The Morgan fingerprint density at radius 2 is 2.11 bits per heavy atom. The minimum atomic E-state index is 0.564. The number of fused-ring (bicyclic) bond motifs is 1. The van der Waals surface area contributed by atoms with Crippen molar-refractivity contribution >= 4 is 28.2 Å². The van der Waals surface area contributed by atoms with Gasteiger partial charge in [-0.1, -0.05) is 11.6 Å². The van der Waals surface area contributed by atoms with E-state index >= 15 is 0 Å². The van der Waals surface area contributed by atoms with Crippen LogP contribution in [0, 0.1) is 0 Å². The van der Waals surface area contributed by atoms with Gasteiger partial charge in [0, 0.05) is 37.3 Å². The van der Waals surface area contributed by atoms with E-state index in [0.717, 1.165) is 34.5 Å². The molecule has 0 amide bonds. The summed E-state index contributed by atoms with van der Waals surface area (Å²) in [6, 6.07) is 5.70. The lowest BCUT2D eigenvalue weighted by Crippen LogP contribution is -2.12. The molecule has 1 aromatic carbocycles. The number of methoxy groups -OCH3 is 1. The second kappa shape index (κ2) is 5.63. The Morgan fingerprint density at radius 1 is 1.37 bits per heavy atom. The van der Waals surface area contributed by atoms with Crippen LogP contribution in [0.4, 0.5) is 5.69 Å².